The molecule has 2 saturated heterocycles. The molecule has 1 unspecified atom stereocenters. The third-order valence-electron chi connectivity index (χ3n) is 8.55. The smallest absolute Gasteiger partial charge is 0.247 e. The molecule has 4 aliphatic heterocycles. The van der Waals surface area contributed by atoms with Crippen LogP contribution in [0.15, 0.2) is 54.6 Å². The van der Waals surface area contributed by atoms with E-state index in [1.165, 1.54) is 0 Å². The Labute approximate surface area is 229 Å². The van der Waals surface area contributed by atoms with Gasteiger partial charge >= 0.3 is 0 Å². The molecule has 0 aromatic heterocycles. The second-order valence-electron chi connectivity index (χ2n) is 11.0. The number of amides is 3. The lowest BCUT2D eigenvalue weighted by Crippen LogP contribution is -2.53. The molecule has 7 nitrogen and oxygen atoms in total. The first kappa shape index (κ1) is 27.0. The summed E-state index contributed by atoms with van der Waals surface area (Å²) in [6.45, 7) is 6.39. The lowest BCUT2D eigenvalue weighted by atomic mass is 9.74. The van der Waals surface area contributed by atoms with E-state index in [1.807, 2.05) is 47.4 Å². The fourth-order valence-corrected chi connectivity index (χ4v) is 8.93. The van der Waals surface area contributed by atoms with E-state index in [9.17, 15) is 19.5 Å². The van der Waals surface area contributed by atoms with E-state index in [-0.39, 0.29) is 24.3 Å². The number of carbonyl (C=O) groups is 3. The van der Waals surface area contributed by atoms with Crippen molar-refractivity contribution < 1.29 is 19.5 Å². The fourth-order valence-electron chi connectivity index (χ4n) is 6.77. The van der Waals surface area contributed by atoms with Crippen LogP contribution in [0.4, 0.5) is 5.69 Å². The topological polar surface area (TPSA) is 81.2 Å². The number of likely N-dealkylation sites (tertiary alicyclic amines) is 1. The van der Waals surface area contributed by atoms with Gasteiger partial charge < -0.3 is 19.8 Å². The Balaban J connectivity index is 1.57. The number of para-hydroxylation sites is 1. The van der Waals surface area contributed by atoms with Crippen LogP contribution in [-0.2, 0) is 14.4 Å². The zero-order valence-corrected chi connectivity index (χ0v) is 23.2. The highest BCUT2D eigenvalue weighted by molar-refractivity contribution is 8.02. The molecule has 0 radical (unpaired) electrons. The fraction of sp³-hybridized carbons (Fsp3) is 0.567. The monoisotopic (exact) mass is 537 g/mol. The van der Waals surface area contributed by atoms with Crippen LogP contribution in [0.5, 0.6) is 0 Å². The minimum absolute atomic E-state index is 0.00892. The van der Waals surface area contributed by atoms with Crippen molar-refractivity contribution in [3.8, 4) is 0 Å². The molecule has 3 amide bonds. The number of nitrogens with zero attached hydrogens (tertiary/aromatic N) is 3. The second kappa shape index (κ2) is 10.9. The van der Waals surface area contributed by atoms with Crippen LogP contribution in [0, 0.1) is 11.8 Å². The minimum atomic E-state index is -0.800. The average molecular weight is 538 g/mol. The summed E-state index contributed by atoms with van der Waals surface area (Å²) in [5.41, 5.74) is 0.818. The van der Waals surface area contributed by atoms with Crippen LogP contribution < -0.4 is 4.90 Å². The molecule has 1 spiro atoms. The Bertz CT molecular complexity index is 1120. The number of fused-ring (bicyclic) bond motifs is 2. The van der Waals surface area contributed by atoms with E-state index in [1.54, 1.807) is 21.6 Å². The number of hydrogen-bond acceptors (Lipinski definition) is 5. The van der Waals surface area contributed by atoms with Gasteiger partial charge in [-0.1, -0.05) is 55.8 Å². The first-order valence-electron chi connectivity index (χ1n) is 14.0. The second-order valence-corrected chi connectivity index (χ2v) is 12.8. The summed E-state index contributed by atoms with van der Waals surface area (Å²) >= 11 is 1.64. The summed E-state index contributed by atoms with van der Waals surface area (Å²) in [6, 6.07) is 9.00. The lowest BCUT2D eigenvalue weighted by molar-refractivity contribution is -0.142. The van der Waals surface area contributed by atoms with E-state index < -0.39 is 27.4 Å². The number of benzene rings is 1. The molecule has 0 saturated carbocycles. The van der Waals surface area contributed by atoms with Crippen molar-refractivity contribution in [3.05, 3.63) is 54.6 Å². The molecule has 204 valence electrons. The quantitative estimate of drug-likeness (QED) is 0.384. The highest BCUT2D eigenvalue weighted by atomic mass is 32.2. The van der Waals surface area contributed by atoms with Crippen LogP contribution in [-0.4, -0.2) is 80.9 Å². The number of aliphatic hydroxyl groups excluding tert-OH is 1. The molecular weight excluding hydrogens is 498 g/mol. The summed E-state index contributed by atoms with van der Waals surface area (Å²) in [4.78, 5) is 48.3. The van der Waals surface area contributed by atoms with Crippen molar-refractivity contribution in [1.82, 2.24) is 9.80 Å². The molecule has 1 aromatic carbocycles. The standard InChI is InChI=1S/C30H39N3O4S/c1-3-4-17-31-18-12-16-30-24(27(36)33(25(30)28(31)37)19-9-6-10-21-34)23-26(35)32(22-13-7-5-8-14-22)20-11-15-29(23,2)38-30/h5,7-8,11-16,23-25,34H,3-4,6,9-10,17-21H2,1-2H3/t23-,24-,25?,29+,30-/m0/s1. The highest BCUT2D eigenvalue weighted by Crippen LogP contribution is 2.65. The average Bonchev–Trinajstić information content (AvgIpc) is 3.18. The van der Waals surface area contributed by atoms with E-state index >= 15 is 0 Å². The van der Waals surface area contributed by atoms with Gasteiger partial charge in [-0.3, -0.25) is 14.4 Å². The number of carbonyl (C=O) groups excluding carboxylic acids is 3. The number of unbranched alkanes of at least 4 members (excludes halogenated alkanes) is 3. The van der Waals surface area contributed by atoms with E-state index in [4.69, 9.17) is 0 Å². The number of anilines is 1. The number of thioether (sulfide) groups is 1. The van der Waals surface area contributed by atoms with E-state index in [0.717, 1.165) is 24.9 Å². The van der Waals surface area contributed by atoms with Gasteiger partial charge in [-0.2, -0.15) is 0 Å². The predicted octanol–water partition coefficient (Wildman–Crippen LogP) is 3.64. The summed E-state index contributed by atoms with van der Waals surface area (Å²) in [7, 11) is 0. The molecule has 1 N–H and O–H groups in total. The molecule has 0 aliphatic carbocycles. The largest absolute Gasteiger partial charge is 0.396 e. The Morgan fingerprint density at radius 2 is 1.66 bits per heavy atom. The first-order valence-corrected chi connectivity index (χ1v) is 14.8. The number of rotatable bonds is 9. The summed E-state index contributed by atoms with van der Waals surface area (Å²) in [6.07, 6.45) is 12.3. The van der Waals surface area contributed by atoms with Gasteiger partial charge in [0.2, 0.25) is 17.7 Å². The maximum atomic E-state index is 14.4. The molecule has 1 aromatic rings. The van der Waals surface area contributed by atoms with Gasteiger partial charge in [0, 0.05) is 43.2 Å². The Morgan fingerprint density at radius 3 is 2.39 bits per heavy atom. The molecule has 4 heterocycles. The Morgan fingerprint density at radius 1 is 0.895 bits per heavy atom. The normalized spacial score (nSPS) is 32.3. The third kappa shape index (κ3) is 4.39. The van der Waals surface area contributed by atoms with Crippen LogP contribution in [0.2, 0.25) is 0 Å². The van der Waals surface area contributed by atoms with E-state index in [0.29, 0.717) is 39.0 Å². The lowest BCUT2D eigenvalue weighted by Gasteiger charge is -2.37. The van der Waals surface area contributed by atoms with Gasteiger partial charge in [-0.15, -0.1) is 11.8 Å². The molecule has 0 bridgehead atoms. The Hall–Kier alpha value is -2.58. The van der Waals surface area contributed by atoms with E-state index in [2.05, 4.69) is 26.0 Å². The Kier molecular flexibility index (Phi) is 7.74. The molecule has 8 heteroatoms. The van der Waals surface area contributed by atoms with Crippen molar-refractivity contribution >= 4 is 35.2 Å². The van der Waals surface area contributed by atoms with Gasteiger partial charge in [0.25, 0.3) is 0 Å². The van der Waals surface area contributed by atoms with Crippen molar-refractivity contribution in [1.29, 1.82) is 0 Å². The zero-order valence-electron chi connectivity index (χ0n) is 22.4. The van der Waals surface area contributed by atoms with Crippen LogP contribution in [0.3, 0.4) is 0 Å². The predicted molar refractivity (Wildman–Crippen MR) is 151 cm³/mol. The third-order valence-corrected chi connectivity index (χ3v) is 10.3. The van der Waals surface area contributed by atoms with Crippen LogP contribution in [0.1, 0.15) is 46.0 Å². The molecule has 5 atom stereocenters. The zero-order chi connectivity index (χ0) is 26.9. The van der Waals surface area contributed by atoms with Gasteiger partial charge in [0.05, 0.1) is 16.6 Å². The van der Waals surface area contributed by atoms with Crippen molar-refractivity contribution in [3.63, 3.8) is 0 Å². The number of hydrogen-bond donors (Lipinski definition) is 1. The molecule has 5 rings (SSSR count). The van der Waals surface area contributed by atoms with Gasteiger partial charge in [0.15, 0.2) is 0 Å². The van der Waals surface area contributed by atoms with Gasteiger partial charge in [-0.25, -0.2) is 0 Å². The molecule has 38 heavy (non-hydrogen) atoms. The summed E-state index contributed by atoms with van der Waals surface area (Å²) in [5.74, 6) is -1.35. The molecular formula is C30H39N3O4S. The SMILES string of the molecule is CCCCN1CC=C[C@]23S[C@]4(C)C=CCN(c5ccccc5)C(=O)[C@@H]4[C@H]2C(=O)N(CCCCCO)C3C1=O. The number of aliphatic hydroxyl groups is 1. The van der Waals surface area contributed by atoms with Crippen LogP contribution >= 0.6 is 11.8 Å². The van der Waals surface area contributed by atoms with Gasteiger partial charge in [-0.05, 0) is 44.7 Å². The minimum Gasteiger partial charge on any atom is -0.396 e. The molecule has 2 fully saturated rings. The maximum absolute atomic E-state index is 14.4. The maximum Gasteiger partial charge on any atom is 0.247 e. The first-order chi connectivity index (χ1) is 18.4. The van der Waals surface area contributed by atoms with Crippen molar-refractivity contribution in [2.45, 2.75) is 61.5 Å². The summed E-state index contributed by atoms with van der Waals surface area (Å²) in [5, 5.41) is 9.25. The summed E-state index contributed by atoms with van der Waals surface area (Å²) < 4.78 is -1.41. The van der Waals surface area contributed by atoms with Crippen molar-refractivity contribution in [2.75, 3.05) is 37.7 Å². The molecule has 4 aliphatic rings. The highest BCUT2D eigenvalue weighted by Gasteiger charge is 2.73. The van der Waals surface area contributed by atoms with Crippen molar-refractivity contribution in [2.24, 2.45) is 11.8 Å². The van der Waals surface area contributed by atoms with Gasteiger partial charge in [0.1, 0.15) is 6.04 Å². The van der Waals surface area contributed by atoms with Crippen LogP contribution in [0.25, 0.3) is 0 Å².